The number of carbonyl (C=O) groups excluding carboxylic acids is 1. The lowest BCUT2D eigenvalue weighted by Gasteiger charge is -2.26. The van der Waals surface area contributed by atoms with Gasteiger partial charge in [-0.3, -0.25) is 4.79 Å². The molecule has 0 unspecified atom stereocenters. The Hall–Kier alpha value is -1.81. The first-order chi connectivity index (χ1) is 11.1. The van der Waals surface area contributed by atoms with Gasteiger partial charge in [-0.05, 0) is 59.3 Å². The van der Waals surface area contributed by atoms with Crippen molar-refractivity contribution in [3.8, 4) is 0 Å². The minimum Gasteiger partial charge on any atom is -0.378 e. The van der Waals surface area contributed by atoms with Gasteiger partial charge >= 0.3 is 0 Å². The third-order valence-electron chi connectivity index (χ3n) is 4.55. The first-order valence-electron chi connectivity index (χ1n) is 8.23. The smallest absolute Gasteiger partial charge is 0.223 e. The summed E-state index contributed by atoms with van der Waals surface area (Å²) in [5, 5.41) is 4.21. The van der Waals surface area contributed by atoms with Crippen molar-refractivity contribution in [2.75, 3.05) is 25.5 Å². The van der Waals surface area contributed by atoms with Crippen molar-refractivity contribution in [1.29, 1.82) is 0 Å². The molecule has 0 radical (unpaired) electrons. The van der Waals surface area contributed by atoms with E-state index in [2.05, 4.69) is 65.0 Å². The molecule has 0 N–H and O–H groups in total. The van der Waals surface area contributed by atoms with Crippen LogP contribution in [-0.2, 0) is 11.2 Å². The summed E-state index contributed by atoms with van der Waals surface area (Å²) >= 11 is 1.70. The van der Waals surface area contributed by atoms with Gasteiger partial charge in [0.1, 0.15) is 0 Å². The Morgan fingerprint density at radius 1 is 1.35 bits per heavy atom. The zero-order valence-electron chi connectivity index (χ0n) is 13.9. The maximum Gasteiger partial charge on any atom is 0.223 e. The van der Waals surface area contributed by atoms with Gasteiger partial charge in [0.25, 0.3) is 0 Å². The number of hydrogen-bond donors (Lipinski definition) is 0. The van der Waals surface area contributed by atoms with E-state index in [0.717, 1.165) is 25.8 Å². The van der Waals surface area contributed by atoms with Crippen LogP contribution in [0.15, 0.2) is 41.1 Å². The number of nitrogens with zero attached hydrogens (tertiary/aromatic N) is 2. The van der Waals surface area contributed by atoms with E-state index in [9.17, 15) is 4.79 Å². The first-order valence-corrected chi connectivity index (χ1v) is 9.17. The van der Waals surface area contributed by atoms with E-state index < -0.39 is 0 Å². The quantitative estimate of drug-likeness (QED) is 0.824. The van der Waals surface area contributed by atoms with E-state index in [1.54, 1.807) is 11.3 Å². The Balaban J connectivity index is 1.69. The molecule has 2 heterocycles. The fraction of sp³-hybridized carbons (Fsp3) is 0.421. The zero-order valence-corrected chi connectivity index (χ0v) is 14.7. The molecule has 0 aliphatic carbocycles. The summed E-state index contributed by atoms with van der Waals surface area (Å²) < 4.78 is 0. The highest BCUT2D eigenvalue weighted by Crippen LogP contribution is 2.34. The number of anilines is 1. The lowest BCUT2D eigenvalue weighted by atomic mass is 10.0. The average Bonchev–Trinajstić information content (AvgIpc) is 3.24. The number of hydrogen-bond acceptors (Lipinski definition) is 3. The molecular weight excluding hydrogens is 304 g/mol. The number of carbonyl (C=O) groups is 1. The Kier molecular flexibility index (Phi) is 5.01. The van der Waals surface area contributed by atoms with Gasteiger partial charge in [0.15, 0.2) is 0 Å². The van der Waals surface area contributed by atoms with E-state index >= 15 is 0 Å². The maximum atomic E-state index is 12.7. The van der Waals surface area contributed by atoms with Crippen LogP contribution < -0.4 is 4.90 Å². The van der Waals surface area contributed by atoms with Crippen LogP contribution in [-0.4, -0.2) is 31.4 Å². The standard InChI is InChI=1S/C19H24N2OS/c1-20(2)17-6-3-5-16(13-17)18-7-4-11-21(18)19(22)9-8-15-10-12-23-14-15/h3,5-6,10,12-14,18H,4,7-9,11H2,1-2H3/t18-/m0/s1. The van der Waals surface area contributed by atoms with Crippen molar-refractivity contribution in [2.24, 2.45) is 0 Å². The van der Waals surface area contributed by atoms with E-state index in [4.69, 9.17) is 0 Å². The second-order valence-electron chi connectivity index (χ2n) is 6.37. The van der Waals surface area contributed by atoms with Crippen molar-refractivity contribution in [1.82, 2.24) is 4.90 Å². The molecule has 1 aromatic heterocycles. The minimum atomic E-state index is 0.241. The topological polar surface area (TPSA) is 23.6 Å². The minimum absolute atomic E-state index is 0.241. The Morgan fingerprint density at radius 3 is 2.96 bits per heavy atom. The number of rotatable bonds is 5. The van der Waals surface area contributed by atoms with Crippen LogP contribution in [0.2, 0.25) is 0 Å². The van der Waals surface area contributed by atoms with Gasteiger partial charge in [0, 0.05) is 32.7 Å². The molecule has 1 atom stereocenters. The van der Waals surface area contributed by atoms with Crippen molar-refractivity contribution in [2.45, 2.75) is 31.7 Å². The zero-order chi connectivity index (χ0) is 16.2. The number of likely N-dealkylation sites (tertiary alicyclic amines) is 1. The highest BCUT2D eigenvalue weighted by Gasteiger charge is 2.29. The van der Waals surface area contributed by atoms with Crippen LogP contribution in [0.4, 0.5) is 5.69 Å². The molecule has 3 rings (SSSR count). The van der Waals surface area contributed by atoms with Gasteiger partial charge < -0.3 is 9.80 Å². The molecule has 3 nitrogen and oxygen atoms in total. The third-order valence-corrected chi connectivity index (χ3v) is 5.28. The van der Waals surface area contributed by atoms with Crippen molar-refractivity contribution < 1.29 is 4.79 Å². The predicted molar refractivity (Wildman–Crippen MR) is 97.1 cm³/mol. The monoisotopic (exact) mass is 328 g/mol. The van der Waals surface area contributed by atoms with Crippen LogP contribution in [0, 0.1) is 0 Å². The third kappa shape index (κ3) is 3.75. The summed E-state index contributed by atoms with van der Waals surface area (Å²) in [6, 6.07) is 10.9. The van der Waals surface area contributed by atoms with Crippen molar-refractivity contribution >= 4 is 22.9 Å². The van der Waals surface area contributed by atoms with Gasteiger partial charge in [0.05, 0.1) is 6.04 Å². The van der Waals surface area contributed by atoms with E-state index in [0.29, 0.717) is 6.42 Å². The molecule has 1 amide bonds. The molecule has 1 saturated heterocycles. The molecule has 1 aromatic carbocycles. The highest BCUT2D eigenvalue weighted by atomic mass is 32.1. The van der Waals surface area contributed by atoms with E-state index in [-0.39, 0.29) is 11.9 Å². The van der Waals surface area contributed by atoms with Gasteiger partial charge in [-0.15, -0.1) is 0 Å². The van der Waals surface area contributed by atoms with Crippen LogP contribution in [0.3, 0.4) is 0 Å². The molecule has 0 spiro atoms. The first kappa shape index (κ1) is 16.1. The van der Waals surface area contributed by atoms with Gasteiger partial charge in [0.2, 0.25) is 5.91 Å². The largest absolute Gasteiger partial charge is 0.378 e. The van der Waals surface area contributed by atoms with Crippen molar-refractivity contribution in [3.05, 3.63) is 52.2 Å². The van der Waals surface area contributed by atoms with Gasteiger partial charge in [-0.25, -0.2) is 0 Å². The molecule has 1 aliphatic heterocycles. The molecule has 2 aromatic rings. The van der Waals surface area contributed by atoms with Crippen LogP contribution in [0.5, 0.6) is 0 Å². The molecule has 0 bridgehead atoms. The van der Waals surface area contributed by atoms with Crippen LogP contribution >= 0.6 is 11.3 Å². The van der Waals surface area contributed by atoms with E-state index in [1.807, 2.05) is 0 Å². The average molecular weight is 328 g/mol. The fourth-order valence-electron chi connectivity index (χ4n) is 3.25. The summed E-state index contributed by atoms with van der Waals surface area (Å²) in [6.45, 7) is 0.888. The Labute approximate surface area is 142 Å². The summed E-state index contributed by atoms with van der Waals surface area (Å²) in [5.74, 6) is 0.286. The van der Waals surface area contributed by atoms with E-state index in [1.165, 1.54) is 16.8 Å². The normalized spacial score (nSPS) is 17.5. The second kappa shape index (κ2) is 7.18. The summed E-state index contributed by atoms with van der Waals surface area (Å²) in [7, 11) is 4.11. The second-order valence-corrected chi connectivity index (χ2v) is 7.15. The SMILES string of the molecule is CN(C)c1cccc([C@@H]2CCCN2C(=O)CCc2ccsc2)c1. The Morgan fingerprint density at radius 2 is 2.22 bits per heavy atom. The molecule has 122 valence electrons. The number of benzene rings is 1. The van der Waals surface area contributed by atoms with Gasteiger partial charge in [-0.1, -0.05) is 12.1 Å². The summed E-state index contributed by atoms with van der Waals surface area (Å²) in [6.07, 6.45) is 3.63. The lowest BCUT2D eigenvalue weighted by molar-refractivity contribution is -0.132. The summed E-state index contributed by atoms with van der Waals surface area (Å²) in [5.41, 5.74) is 3.73. The van der Waals surface area contributed by atoms with Crippen molar-refractivity contribution in [3.63, 3.8) is 0 Å². The fourth-order valence-corrected chi connectivity index (χ4v) is 3.95. The summed E-state index contributed by atoms with van der Waals surface area (Å²) in [4.78, 5) is 16.9. The number of aryl methyl sites for hydroxylation is 1. The van der Waals surface area contributed by atoms with Gasteiger partial charge in [-0.2, -0.15) is 11.3 Å². The number of thiophene rings is 1. The lowest BCUT2D eigenvalue weighted by Crippen LogP contribution is -2.30. The molecule has 1 fully saturated rings. The Bertz CT molecular complexity index is 651. The molecule has 1 aliphatic rings. The van der Waals surface area contributed by atoms with Crippen LogP contribution in [0.25, 0.3) is 0 Å². The predicted octanol–water partition coefficient (Wildman–Crippen LogP) is 4.11. The number of amides is 1. The van der Waals surface area contributed by atoms with Crippen LogP contribution in [0.1, 0.15) is 36.4 Å². The highest BCUT2D eigenvalue weighted by molar-refractivity contribution is 7.07. The molecule has 4 heteroatoms. The molecule has 23 heavy (non-hydrogen) atoms. The molecular formula is C19H24N2OS. The maximum absolute atomic E-state index is 12.7. The molecule has 0 saturated carbocycles.